The van der Waals surface area contributed by atoms with Crippen LogP contribution in [0.2, 0.25) is 0 Å². The molecule has 0 heterocycles. The van der Waals surface area contributed by atoms with Gasteiger partial charge >= 0.3 is 0 Å². The second kappa shape index (κ2) is 6.62. The van der Waals surface area contributed by atoms with Crippen molar-refractivity contribution in [2.24, 2.45) is 5.92 Å². The van der Waals surface area contributed by atoms with Crippen LogP contribution in [0, 0.1) is 26.7 Å². The number of carbonyl (C=O) groups is 1. The second-order valence-corrected chi connectivity index (χ2v) is 9.27. The zero-order valence-corrected chi connectivity index (χ0v) is 15.4. The number of rotatable bonds is 5. The van der Waals surface area contributed by atoms with Crippen LogP contribution in [0.3, 0.4) is 0 Å². The van der Waals surface area contributed by atoms with E-state index in [1.165, 1.54) is 5.56 Å². The van der Waals surface area contributed by atoms with Gasteiger partial charge in [-0.3, -0.25) is 9.36 Å². The molecule has 1 aromatic carbocycles. The molecule has 1 saturated carbocycles. The Labute approximate surface area is 135 Å². The van der Waals surface area contributed by atoms with Gasteiger partial charge in [0.05, 0.1) is 7.80 Å². The van der Waals surface area contributed by atoms with Crippen LogP contribution in [-0.4, -0.2) is 17.1 Å². The zero-order valence-electron chi connectivity index (χ0n) is 14.5. The predicted octanol–water partition coefficient (Wildman–Crippen LogP) is 5.59. The van der Waals surface area contributed by atoms with Gasteiger partial charge in [-0.05, 0) is 50.7 Å². The molecule has 0 saturated heterocycles. The van der Waals surface area contributed by atoms with E-state index in [-0.39, 0.29) is 5.78 Å². The van der Waals surface area contributed by atoms with Crippen molar-refractivity contribution >= 4 is 13.6 Å². The van der Waals surface area contributed by atoms with E-state index in [2.05, 4.69) is 32.9 Å². The maximum atomic E-state index is 13.4. The fourth-order valence-corrected chi connectivity index (χ4v) is 5.99. The van der Waals surface area contributed by atoms with E-state index in [9.17, 15) is 9.36 Å². The molecule has 1 atom stereocenters. The predicted molar refractivity (Wildman–Crippen MR) is 93.5 cm³/mol. The Morgan fingerprint density at radius 2 is 1.64 bits per heavy atom. The smallest absolute Gasteiger partial charge is 0.180 e. The molecule has 0 aromatic heterocycles. The molecular formula is C19H28O2P. The molecule has 0 bridgehead atoms. The number of Topliss-reactive ketones (excluding diaryl/α,β-unsaturated/α-hetero) is 1. The first kappa shape index (κ1) is 17.3. The van der Waals surface area contributed by atoms with E-state index < -0.39 is 13.0 Å². The number of hydrogen-bond donors (Lipinski definition) is 0. The highest BCUT2D eigenvalue weighted by atomic mass is 31.1. The molecule has 2 nitrogen and oxygen atoms in total. The Morgan fingerprint density at radius 1 is 1.14 bits per heavy atom. The van der Waals surface area contributed by atoms with Crippen LogP contribution in [0.25, 0.3) is 0 Å². The average Bonchev–Trinajstić information content (AvgIpc) is 2.86. The number of aryl methyl sites for hydroxylation is 3. The molecule has 0 spiro atoms. The summed E-state index contributed by atoms with van der Waals surface area (Å²) in [5.74, 6) is 0.510. The summed E-state index contributed by atoms with van der Waals surface area (Å²) in [6, 6.07) is 4.14. The third kappa shape index (κ3) is 3.18. The third-order valence-electron chi connectivity index (χ3n) is 4.77. The molecule has 1 radical (unpaired) electrons. The Bertz CT molecular complexity index is 572. The van der Waals surface area contributed by atoms with Gasteiger partial charge in [-0.1, -0.05) is 44.4 Å². The van der Waals surface area contributed by atoms with Crippen molar-refractivity contribution in [3.8, 4) is 0 Å². The summed E-state index contributed by atoms with van der Waals surface area (Å²) in [6.07, 6.45) is 4.29. The van der Waals surface area contributed by atoms with Gasteiger partial charge in [0, 0.05) is 11.7 Å². The maximum Gasteiger partial charge on any atom is 0.180 e. The lowest BCUT2D eigenvalue weighted by Crippen LogP contribution is -2.34. The van der Waals surface area contributed by atoms with Gasteiger partial charge in [0.25, 0.3) is 0 Å². The second-order valence-electron chi connectivity index (χ2n) is 7.30. The van der Waals surface area contributed by atoms with E-state index >= 15 is 0 Å². The van der Waals surface area contributed by atoms with Crippen molar-refractivity contribution in [1.29, 1.82) is 0 Å². The fraction of sp³-hybridized carbons (Fsp3) is 0.632. The van der Waals surface area contributed by atoms with Crippen LogP contribution in [0.4, 0.5) is 0 Å². The molecule has 1 aliphatic carbocycles. The van der Waals surface area contributed by atoms with Gasteiger partial charge in [0.15, 0.2) is 5.78 Å². The molecule has 0 N–H and O–H groups in total. The monoisotopic (exact) mass is 319 g/mol. The minimum absolute atomic E-state index is 0.141. The Balaban J connectivity index is 2.46. The van der Waals surface area contributed by atoms with E-state index in [4.69, 9.17) is 0 Å². The van der Waals surface area contributed by atoms with Crippen molar-refractivity contribution < 1.29 is 9.36 Å². The summed E-state index contributed by atoms with van der Waals surface area (Å²) in [5.41, 5.74) is 4.06. The molecule has 1 fully saturated rings. The summed E-state index contributed by atoms with van der Waals surface area (Å²) in [4.78, 5) is 13.4. The number of benzene rings is 1. The van der Waals surface area contributed by atoms with Crippen LogP contribution in [0.5, 0.6) is 0 Å². The fourth-order valence-electron chi connectivity index (χ4n) is 3.83. The largest absolute Gasteiger partial charge is 0.293 e. The molecule has 2 rings (SSSR count). The van der Waals surface area contributed by atoms with Gasteiger partial charge in [-0.2, -0.15) is 0 Å². The first-order valence-electron chi connectivity index (χ1n) is 8.35. The molecule has 3 heteroatoms. The normalized spacial score (nSPS) is 17.8. The number of hydrogen-bond acceptors (Lipinski definition) is 2. The maximum absolute atomic E-state index is 13.4. The van der Waals surface area contributed by atoms with Gasteiger partial charge in [0.2, 0.25) is 0 Å². The Morgan fingerprint density at radius 3 is 2.09 bits per heavy atom. The molecule has 1 aromatic rings. The SMILES string of the molecule is Cc1cc(C)c(C(=O)C2([P](=O)CC(C)C)CCCC2)c(C)c1. The molecule has 121 valence electrons. The Hall–Kier alpha value is -1.01. The van der Waals surface area contributed by atoms with Crippen LogP contribution < -0.4 is 0 Å². The van der Waals surface area contributed by atoms with Crippen LogP contribution >= 0.6 is 7.80 Å². The highest BCUT2D eigenvalue weighted by molar-refractivity contribution is 7.48. The van der Waals surface area contributed by atoms with Crippen molar-refractivity contribution in [3.63, 3.8) is 0 Å². The van der Waals surface area contributed by atoms with Crippen LogP contribution in [0.15, 0.2) is 12.1 Å². The lowest BCUT2D eigenvalue weighted by molar-refractivity contribution is 0.0939. The molecule has 1 aliphatic rings. The Kier molecular flexibility index (Phi) is 5.22. The van der Waals surface area contributed by atoms with Crippen molar-refractivity contribution in [2.45, 2.75) is 65.5 Å². The lowest BCUT2D eigenvalue weighted by atomic mass is 9.88. The van der Waals surface area contributed by atoms with E-state index in [1.807, 2.05) is 13.8 Å². The topological polar surface area (TPSA) is 34.1 Å². The van der Waals surface area contributed by atoms with Gasteiger partial charge in [-0.25, -0.2) is 0 Å². The first-order chi connectivity index (χ1) is 10.3. The summed E-state index contributed by atoms with van der Waals surface area (Å²) >= 11 is 0. The lowest BCUT2D eigenvalue weighted by Gasteiger charge is -2.28. The van der Waals surface area contributed by atoms with Crippen LogP contribution in [-0.2, 0) is 4.57 Å². The minimum Gasteiger partial charge on any atom is -0.293 e. The molecule has 0 aliphatic heterocycles. The summed E-state index contributed by atoms with van der Waals surface area (Å²) < 4.78 is 13.0. The number of carbonyl (C=O) groups excluding carboxylic acids is 1. The average molecular weight is 319 g/mol. The summed E-state index contributed by atoms with van der Waals surface area (Å²) in [6.45, 7) is 10.2. The van der Waals surface area contributed by atoms with Crippen molar-refractivity contribution in [2.75, 3.05) is 6.16 Å². The molecule has 1 unspecified atom stereocenters. The molecule has 22 heavy (non-hydrogen) atoms. The van der Waals surface area contributed by atoms with Crippen LogP contribution in [0.1, 0.15) is 66.6 Å². The standard InChI is InChI=1S/C19H28O2P/c1-13(2)12-22(21)19(8-6-7-9-19)18(20)17-15(4)10-14(3)11-16(17)5/h10-11,13H,6-9,12H2,1-5H3. The van der Waals surface area contributed by atoms with Gasteiger partial charge < -0.3 is 0 Å². The van der Waals surface area contributed by atoms with Crippen molar-refractivity contribution in [1.82, 2.24) is 0 Å². The third-order valence-corrected chi connectivity index (χ3v) is 7.43. The highest BCUT2D eigenvalue weighted by Crippen LogP contribution is 2.53. The minimum atomic E-state index is -1.50. The van der Waals surface area contributed by atoms with E-state index in [0.29, 0.717) is 12.1 Å². The first-order valence-corrected chi connectivity index (χ1v) is 9.80. The molecule has 0 amide bonds. The van der Waals surface area contributed by atoms with Gasteiger partial charge in [0.1, 0.15) is 5.16 Å². The highest BCUT2D eigenvalue weighted by Gasteiger charge is 2.47. The molecular weight excluding hydrogens is 291 g/mol. The zero-order chi connectivity index (χ0) is 16.5. The van der Waals surface area contributed by atoms with E-state index in [1.54, 1.807) is 0 Å². The van der Waals surface area contributed by atoms with Gasteiger partial charge in [-0.15, -0.1) is 0 Å². The summed E-state index contributed by atoms with van der Waals surface area (Å²) in [7, 11) is -1.50. The van der Waals surface area contributed by atoms with Crippen molar-refractivity contribution in [3.05, 3.63) is 34.4 Å². The summed E-state index contributed by atoms with van der Waals surface area (Å²) in [5, 5.41) is -0.607. The van der Waals surface area contributed by atoms with E-state index in [0.717, 1.165) is 42.4 Å². The number of ketones is 1. The quantitative estimate of drug-likeness (QED) is 0.523.